The summed E-state index contributed by atoms with van der Waals surface area (Å²) in [5.41, 5.74) is 0.878. The largest absolute Gasteiger partial charge is 0.238 e. The minimum Gasteiger partial charge on any atom is -0.187 e. The third-order valence-electron chi connectivity index (χ3n) is 1.95. The van der Waals surface area contributed by atoms with E-state index in [2.05, 4.69) is 36.1 Å². The van der Waals surface area contributed by atoms with Gasteiger partial charge in [0.05, 0.1) is 5.69 Å². The Morgan fingerprint density at radius 1 is 1.12 bits per heavy atom. The number of rotatable bonds is 3. The second-order valence-electron chi connectivity index (χ2n) is 3.01. The van der Waals surface area contributed by atoms with Crippen LogP contribution in [0.3, 0.4) is 0 Å². The Hall–Kier alpha value is -2.29. The molecule has 9 heteroatoms. The van der Waals surface area contributed by atoms with E-state index in [1.807, 2.05) is 30.3 Å². The molecule has 3 aromatic rings. The maximum atomic E-state index is 3.92. The number of hydrogen-bond donors (Lipinski definition) is 1. The average molecular weight is 246 g/mol. The molecule has 0 fully saturated rings. The Morgan fingerprint density at radius 3 is 2.76 bits per heavy atom. The third kappa shape index (κ3) is 1.99. The van der Waals surface area contributed by atoms with Gasteiger partial charge in [0.25, 0.3) is 0 Å². The third-order valence-corrected chi connectivity index (χ3v) is 2.74. The molecular formula is C8H6N8S. The van der Waals surface area contributed by atoms with Crippen LogP contribution in [0.25, 0.3) is 5.69 Å². The van der Waals surface area contributed by atoms with Crippen LogP contribution in [-0.2, 0) is 0 Å². The lowest BCUT2D eigenvalue weighted by molar-refractivity contribution is 0.755. The van der Waals surface area contributed by atoms with Gasteiger partial charge in [0.15, 0.2) is 0 Å². The van der Waals surface area contributed by atoms with E-state index in [0.29, 0.717) is 10.3 Å². The van der Waals surface area contributed by atoms with Crippen molar-refractivity contribution in [2.24, 2.45) is 0 Å². The molecule has 0 bridgehead atoms. The van der Waals surface area contributed by atoms with Crippen LogP contribution in [0.15, 0.2) is 40.6 Å². The lowest BCUT2D eigenvalue weighted by Gasteiger charge is -2.00. The van der Waals surface area contributed by atoms with E-state index in [0.717, 1.165) is 5.69 Å². The highest BCUT2D eigenvalue weighted by Gasteiger charge is 2.11. The summed E-state index contributed by atoms with van der Waals surface area (Å²) < 4.78 is 1.61. The Morgan fingerprint density at radius 2 is 2.00 bits per heavy atom. The summed E-state index contributed by atoms with van der Waals surface area (Å²) in [6.45, 7) is 0. The van der Waals surface area contributed by atoms with Crippen LogP contribution in [-0.4, -0.2) is 40.8 Å². The fraction of sp³-hybridized carbons (Fsp3) is 0. The Bertz CT molecular complexity index is 589. The van der Waals surface area contributed by atoms with Gasteiger partial charge in [0.1, 0.15) is 0 Å². The van der Waals surface area contributed by atoms with Crippen LogP contribution < -0.4 is 0 Å². The molecule has 0 saturated heterocycles. The predicted octanol–water partition coefficient (Wildman–Crippen LogP) is 0.327. The van der Waals surface area contributed by atoms with Gasteiger partial charge in [0.2, 0.25) is 10.3 Å². The van der Waals surface area contributed by atoms with Gasteiger partial charge in [-0.3, -0.25) is 0 Å². The zero-order valence-corrected chi connectivity index (χ0v) is 9.24. The topological polar surface area (TPSA) is 98.1 Å². The molecule has 2 aromatic heterocycles. The number of para-hydroxylation sites is 1. The van der Waals surface area contributed by atoms with Crippen LogP contribution in [0, 0.1) is 0 Å². The minimum atomic E-state index is 0.469. The summed E-state index contributed by atoms with van der Waals surface area (Å²) in [6.07, 6.45) is 0. The normalized spacial score (nSPS) is 10.6. The first-order valence-corrected chi connectivity index (χ1v) is 5.50. The first kappa shape index (κ1) is 9.90. The van der Waals surface area contributed by atoms with Crippen molar-refractivity contribution in [2.75, 3.05) is 0 Å². The van der Waals surface area contributed by atoms with Gasteiger partial charge in [-0.15, -0.1) is 15.3 Å². The maximum Gasteiger partial charge on any atom is 0.238 e. The molecule has 1 N–H and O–H groups in total. The highest BCUT2D eigenvalue weighted by Crippen LogP contribution is 2.22. The molecule has 84 valence electrons. The second kappa shape index (κ2) is 4.29. The van der Waals surface area contributed by atoms with Crippen LogP contribution in [0.2, 0.25) is 0 Å². The number of nitrogens with zero attached hydrogens (tertiary/aromatic N) is 7. The molecule has 3 rings (SSSR count). The molecule has 0 atom stereocenters. The van der Waals surface area contributed by atoms with Crippen molar-refractivity contribution in [2.45, 2.75) is 10.3 Å². The molecular weight excluding hydrogens is 240 g/mol. The molecule has 0 spiro atoms. The Labute approximate surface area is 99.4 Å². The summed E-state index contributed by atoms with van der Waals surface area (Å²) >= 11 is 1.23. The van der Waals surface area contributed by atoms with E-state index in [4.69, 9.17) is 0 Å². The number of benzene rings is 1. The van der Waals surface area contributed by atoms with Crippen LogP contribution in [0.5, 0.6) is 0 Å². The number of nitrogens with one attached hydrogen (secondary N) is 1. The highest BCUT2D eigenvalue weighted by atomic mass is 32.2. The quantitative estimate of drug-likeness (QED) is 0.710. The number of aromatic amines is 1. The van der Waals surface area contributed by atoms with Gasteiger partial charge in [-0.25, -0.2) is 0 Å². The number of aromatic nitrogens is 8. The van der Waals surface area contributed by atoms with Crippen molar-refractivity contribution in [1.29, 1.82) is 0 Å². The standard InChI is InChI=1S/C8H6N8S/c1-2-4-6(5-3-1)16-8(11-14-15-16)17-7-9-12-13-10-7/h1-5H,(H,9,10,12,13). The summed E-state index contributed by atoms with van der Waals surface area (Å²) in [7, 11) is 0. The molecule has 0 aliphatic carbocycles. The fourth-order valence-electron chi connectivity index (χ4n) is 1.25. The number of tetrazole rings is 2. The second-order valence-corrected chi connectivity index (χ2v) is 3.94. The van der Waals surface area contributed by atoms with E-state index < -0.39 is 0 Å². The van der Waals surface area contributed by atoms with Gasteiger partial charge in [0, 0.05) is 0 Å². The van der Waals surface area contributed by atoms with Crippen molar-refractivity contribution < 1.29 is 0 Å². The van der Waals surface area contributed by atoms with Crippen molar-refractivity contribution in [3.05, 3.63) is 30.3 Å². The van der Waals surface area contributed by atoms with Crippen LogP contribution in [0.4, 0.5) is 0 Å². The van der Waals surface area contributed by atoms with E-state index in [9.17, 15) is 0 Å². The predicted molar refractivity (Wildman–Crippen MR) is 57.5 cm³/mol. The zero-order valence-electron chi connectivity index (χ0n) is 8.43. The smallest absolute Gasteiger partial charge is 0.187 e. The van der Waals surface area contributed by atoms with Gasteiger partial charge < -0.3 is 0 Å². The molecule has 0 saturated carbocycles. The molecule has 0 amide bonds. The van der Waals surface area contributed by atoms with Crippen LogP contribution in [0.1, 0.15) is 0 Å². The van der Waals surface area contributed by atoms with Crippen LogP contribution >= 0.6 is 11.8 Å². The number of H-pyrrole nitrogens is 1. The lowest BCUT2D eigenvalue weighted by atomic mass is 10.3. The summed E-state index contributed by atoms with van der Waals surface area (Å²) in [5.74, 6) is 0. The van der Waals surface area contributed by atoms with E-state index in [1.165, 1.54) is 11.8 Å². The SMILES string of the molecule is c1ccc(-n2nnnc2Sc2nn[nH]n2)cc1. The minimum absolute atomic E-state index is 0.469. The molecule has 2 heterocycles. The summed E-state index contributed by atoms with van der Waals surface area (Å²) in [6, 6.07) is 9.59. The van der Waals surface area contributed by atoms with Gasteiger partial charge in [-0.1, -0.05) is 18.2 Å². The van der Waals surface area contributed by atoms with E-state index >= 15 is 0 Å². The Balaban J connectivity index is 1.95. The number of hydrogen-bond acceptors (Lipinski definition) is 7. The first-order valence-electron chi connectivity index (χ1n) is 4.68. The monoisotopic (exact) mass is 246 g/mol. The van der Waals surface area contributed by atoms with Crippen molar-refractivity contribution in [3.8, 4) is 5.69 Å². The molecule has 0 aliphatic rings. The first-order chi connectivity index (χ1) is 8.43. The summed E-state index contributed by atoms with van der Waals surface area (Å²) in [4.78, 5) is 0. The summed E-state index contributed by atoms with van der Waals surface area (Å²) in [5, 5.41) is 26.0. The highest BCUT2D eigenvalue weighted by molar-refractivity contribution is 7.99. The fourth-order valence-corrected chi connectivity index (χ4v) is 1.89. The lowest BCUT2D eigenvalue weighted by Crippen LogP contribution is -1.98. The Kier molecular flexibility index (Phi) is 2.50. The van der Waals surface area contributed by atoms with E-state index in [-0.39, 0.29) is 0 Å². The molecule has 0 radical (unpaired) electrons. The average Bonchev–Trinajstić information content (AvgIpc) is 3.02. The van der Waals surface area contributed by atoms with E-state index in [1.54, 1.807) is 4.68 Å². The van der Waals surface area contributed by atoms with Crippen molar-refractivity contribution >= 4 is 11.8 Å². The maximum absolute atomic E-state index is 3.92. The molecule has 0 aliphatic heterocycles. The molecule has 1 aromatic carbocycles. The van der Waals surface area contributed by atoms with Gasteiger partial charge in [-0.2, -0.15) is 9.90 Å². The van der Waals surface area contributed by atoms with Crippen molar-refractivity contribution in [1.82, 2.24) is 40.8 Å². The molecule has 8 nitrogen and oxygen atoms in total. The zero-order chi connectivity index (χ0) is 11.5. The van der Waals surface area contributed by atoms with Crippen molar-refractivity contribution in [3.63, 3.8) is 0 Å². The van der Waals surface area contributed by atoms with Gasteiger partial charge >= 0.3 is 0 Å². The molecule has 0 unspecified atom stereocenters. The van der Waals surface area contributed by atoms with Gasteiger partial charge in [-0.05, 0) is 39.5 Å². The molecule has 17 heavy (non-hydrogen) atoms.